The highest BCUT2D eigenvalue weighted by atomic mass is 35.5. The topological polar surface area (TPSA) is 35.6 Å². The predicted octanol–water partition coefficient (Wildman–Crippen LogP) is 1.20. The van der Waals surface area contributed by atoms with Gasteiger partial charge in [0.05, 0.1) is 19.1 Å². The lowest BCUT2D eigenvalue weighted by Crippen LogP contribution is -2.45. The van der Waals surface area contributed by atoms with Gasteiger partial charge in [0.2, 0.25) is 5.91 Å². The first-order valence-corrected chi connectivity index (χ1v) is 6.78. The molecule has 2 aliphatic rings. The van der Waals surface area contributed by atoms with Crippen LogP contribution < -0.4 is 5.32 Å². The van der Waals surface area contributed by atoms with Gasteiger partial charge < -0.3 is 4.90 Å². The van der Waals surface area contributed by atoms with Crippen LogP contribution >= 0.6 is 12.4 Å². The molecule has 0 aromatic heterocycles. The second kappa shape index (κ2) is 7.60. The van der Waals surface area contributed by atoms with E-state index in [1.807, 2.05) is 0 Å². The first-order valence-electron chi connectivity index (χ1n) is 6.78. The molecule has 0 aromatic carbocycles. The number of amides is 1. The number of hydrogen-bond acceptors (Lipinski definition) is 3. The lowest BCUT2D eigenvalue weighted by Gasteiger charge is -2.24. The molecule has 0 aliphatic carbocycles. The summed E-state index contributed by atoms with van der Waals surface area (Å²) in [6.07, 6.45) is -2.29. The average molecular weight is 334 g/mol. The zero-order chi connectivity index (χ0) is 14.8. The van der Waals surface area contributed by atoms with Crippen molar-refractivity contribution in [3.8, 4) is 0 Å². The van der Waals surface area contributed by atoms with Crippen molar-refractivity contribution >= 4 is 18.3 Å². The summed E-state index contributed by atoms with van der Waals surface area (Å²) in [5, 5.41) is 2.53. The average Bonchev–Trinajstić information content (AvgIpc) is 2.58. The summed E-state index contributed by atoms with van der Waals surface area (Å²) in [4.78, 5) is 15.2. The van der Waals surface area contributed by atoms with E-state index in [1.165, 1.54) is 4.90 Å². The first-order chi connectivity index (χ1) is 9.37. The van der Waals surface area contributed by atoms with E-state index in [-0.39, 0.29) is 24.9 Å². The minimum absolute atomic E-state index is 0. The van der Waals surface area contributed by atoms with Crippen LogP contribution in [0.2, 0.25) is 0 Å². The van der Waals surface area contributed by atoms with Gasteiger partial charge in [-0.15, -0.1) is 12.4 Å². The number of nitrogens with zero attached hydrogens (tertiary/aromatic N) is 2. The second-order valence-corrected chi connectivity index (χ2v) is 5.36. The maximum Gasteiger partial charge on any atom is 0.262 e. The van der Waals surface area contributed by atoms with Gasteiger partial charge >= 0.3 is 0 Å². The molecule has 124 valence electrons. The van der Waals surface area contributed by atoms with Crippen molar-refractivity contribution < 1.29 is 22.4 Å². The van der Waals surface area contributed by atoms with Gasteiger partial charge in [-0.1, -0.05) is 0 Å². The molecule has 0 aromatic rings. The third-order valence-corrected chi connectivity index (χ3v) is 3.70. The summed E-state index contributed by atoms with van der Waals surface area (Å²) in [7, 11) is 0. The van der Waals surface area contributed by atoms with Crippen LogP contribution in [-0.4, -0.2) is 73.4 Å². The second-order valence-electron chi connectivity index (χ2n) is 5.36. The summed E-state index contributed by atoms with van der Waals surface area (Å²) in [6, 6.07) is -0.855. The summed E-state index contributed by atoms with van der Waals surface area (Å²) in [5.74, 6) is -3.19. The zero-order valence-electron chi connectivity index (χ0n) is 11.5. The van der Waals surface area contributed by atoms with Gasteiger partial charge in [-0.25, -0.2) is 17.6 Å². The fraction of sp³-hybridized carbons (Fsp3) is 0.917. The highest BCUT2D eigenvalue weighted by Gasteiger charge is 2.43. The van der Waals surface area contributed by atoms with Gasteiger partial charge in [-0.05, 0) is 6.42 Å². The van der Waals surface area contributed by atoms with Gasteiger partial charge in [0.15, 0.2) is 0 Å². The summed E-state index contributed by atoms with van der Waals surface area (Å²) in [6.45, 7) is 0.829. The molecule has 2 saturated heterocycles. The molecular weight excluding hydrogens is 314 g/mol. The van der Waals surface area contributed by atoms with E-state index < -0.39 is 31.4 Å². The third kappa shape index (κ3) is 5.27. The molecule has 4 nitrogen and oxygen atoms in total. The Hall–Kier alpha value is -0.600. The van der Waals surface area contributed by atoms with Gasteiger partial charge in [0.25, 0.3) is 12.3 Å². The first kappa shape index (κ1) is 18.4. The Morgan fingerprint density at radius 1 is 1.24 bits per heavy atom. The zero-order valence-corrected chi connectivity index (χ0v) is 12.4. The Labute approximate surface area is 127 Å². The molecular formula is C12H20ClF4N3O. The Morgan fingerprint density at radius 2 is 1.95 bits per heavy atom. The van der Waals surface area contributed by atoms with Crippen molar-refractivity contribution in [2.24, 2.45) is 0 Å². The van der Waals surface area contributed by atoms with Gasteiger partial charge in [-0.3, -0.25) is 15.0 Å². The van der Waals surface area contributed by atoms with E-state index in [0.29, 0.717) is 32.6 Å². The summed E-state index contributed by atoms with van der Waals surface area (Å²) in [5.41, 5.74) is 0. The maximum atomic E-state index is 13.1. The number of alkyl halides is 4. The highest BCUT2D eigenvalue weighted by molar-refractivity contribution is 5.85. The quantitative estimate of drug-likeness (QED) is 0.789. The summed E-state index contributed by atoms with van der Waals surface area (Å²) >= 11 is 0. The predicted molar refractivity (Wildman–Crippen MR) is 72.2 cm³/mol. The Bertz CT molecular complexity index is 359. The van der Waals surface area contributed by atoms with Crippen molar-refractivity contribution in [1.29, 1.82) is 0 Å². The summed E-state index contributed by atoms with van der Waals surface area (Å²) < 4.78 is 50.8. The van der Waals surface area contributed by atoms with Crippen LogP contribution in [0.25, 0.3) is 0 Å². The smallest absolute Gasteiger partial charge is 0.262 e. The van der Waals surface area contributed by atoms with Crippen molar-refractivity contribution in [2.45, 2.75) is 31.2 Å². The number of carbonyl (C=O) groups excluding carboxylic acids is 1. The molecule has 1 amide bonds. The van der Waals surface area contributed by atoms with E-state index in [9.17, 15) is 22.4 Å². The number of halogens is 5. The van der Waals surface area contributed by atoms with Crippen LogP contribution in [0, 0.1) is 0 Å². The molecule has 2 heterocycles. The van der Waals surface area contributed by atoms with E-state index >= 15 is 0 Å². The normalized spacial score (nSPS) is 26.5. The lowest BCUT2D eigenvalue weighted by molar-refractivity contribution is -0.133. The van der Waals surface area contributed by atoms with Crippen molar-refractivity contribution in [2.75, 3.05) is 39.3 Å². The maximum absolute atomic E-state index is 13.1. The standard InChI is InChI=1S/C12H19F4N3O.ClH/c13-10(14)7-18-2-1-3-19(5-4-18)11(20)9-6-12(15,16)8-17-9;/h9-10,17H,1-8H2;1H. The van der Waals surface area contributed by atoms with Crippen LogP contribution in [0.1, 0.15) is 12.8 Å². The molecule has 0 bridgehead atoms. The van der Waals surface area contributed by atoms with Crippen LogP contribution in [0.4, 0.5) is 17.6 Å². The van der Waals surface area contributed by atoms with E-state index in [2.05, 4.69) is 5.32 Å². The Balaban J connectivity index is 0.00000220. The molecule has 0 radical (unpaired) electrons. The van der Waals surface area contributed by atoms with E-state index in [4.69, 9.17) is 0 Å². The Kier molecular flexibility index (Phi) is 6.68. The molecule has 9 heteroatoms. The highest BCUT2D eigenvalue weighted by Crippen LogP contribution is 2.26. The molecule has 1 atom stereocenters. The minimum atomic E-state index is -2.84. The van der Waals surface area contributed by atoms with Gasteiger partial charge in [0, 0.05) is 32.6 Å². The fourth-order valence-electron chi connectivity index (χ4n) is 2.68. The van der Waals surface area contributed by atoms with Gasteiger partial charge in [0.1, 0.15) is 0 Å². The molecule has 2 rings (SSSR count). The Morgan fingerprint density at radius 3 is 2.52 bits per heavy atom. The number of hydrogen-bond donors (Lipinski definition) is 1. The van der Waals surface area contributed by atoms with Crippen molar-refractivity contribution in [3.05, 3.63) is 0 Å². The number of rotatable bonds is 3. The lowest BCUT2D eigenvalue weighted by atomic mass is 10.1. The third-order valence-electron chi connectivity index (χ3n) is 3.70. The van der Waals surface area contributed by atoms with Crippen LogP contribution in [0.5, 0.6) is 0 Å². The minimum Gasteiger partial charge on any atom is -0.340 e. The molecule has 1 unspecified atom stereocenters. The monoisotopic (exact) mass is 333 g/mol. The van der Waals surface area contributed by atoms with E-state index in [1.54, 1.807) is 4.90 Å². The SMILES string of the molecule is Cl.O=C(C1CC(F)(F)CN1)N1CCCN(CC(F)F)CC1. The van der Waals surface area contributed by atoms with Gasteiger partial charge in [-0.2, -0.15) is 0 Å². The number of nitrogens with one attached hydrogen (secondary N) is 1. The van der Waals surface area contributed by atoms with Crippen molar-refractivity contribution in [3.63, 3.8) is 0 Å². The van der Waals surface area contributed by atoms with E-state index in [0.717, 1.165) is 0 Å². The molecule has 0 spiro atoms. The van der Waals surface area contributed by atoms with Crippen LogP contribution in [0.15, 0.2) is 0 Å². The number of carbonyl (C=O) groups is 1. The molecule has 0 saturated carbocycles. The van der Waals surface area contributed by atoms with Crippen LogP contribution in [0.3, 0.4) is 0 Å². The van der Waals surface area contributed by atoms with Crippen LogP contribution in [-0.2, 0) is 4.79 Å². The molecule has 1 N–H and O–H groups in total. The molecule has 2 fully saturated rings. The molecule has 2 aliphatic heterocycles. The van der Waals surface area contributed by atoms with Crippen molar-refractivity contribution in [1.82, 2.24) is 15.1 Å². The largest absolute Gasteiger partial charge is 0.340 e. The molecule has 21 heavy (non-hydrogen) atoms. The fourth-order valence-corrected chi connectivity index (χ4v) is 2.68.